The predicted octanol–water partition coefficient (Wildman–Crippen LogP) is 4.10. The van der Waals surface area contributed by atoms with Crippen molar-refractivity contribution in [3.8, 4) is 0 Å². The van der Waals surface area contributed by atoms with Gasteiger partial charge in [-0.25, -0.2) is 0 Å². The normalized spacial score (nSPS) is 14.2. The highest BCUT2D eigenvalue weighted by atomic mass is 127. The van der Waals surface area contributed by atoms with Gasteiger partial charge in [-0.2, -0.15) is 0 Å². The largest absolute Gasteiger partial charge is 0.381 e. The average molecular weight is 375 g/mol. The Hall–Kier alpha value is -1.46. The van der Waals surface area contributed by atoms with E-state index in [1.54, 1.807) is 6.20 Å². The molecule has 0 spiro atoms. The molecular weight excluding hydrogens is 361 g/mol. The Kier molecular flexibility index (Phi) is 3.48. The number of hydrogen-bond donors (Lipinski definition) is 1. The maximum absolute atomic E-state index is 11.0. The first kappa shape index (κ1) is 13.5. The minimum atomic E-state index is -1.02. The number of pyridine rings is 1. The third-order valence-electron chi connectivity index (χ3n) is 3.61. The zero-order chi connectivity index (χ0) is 14.2. The molecule has 0 radical (unpaired) electrons. The smallest absolute Gasteiger partial charge is 0.112 e. The van der Waals surface area contributed by atoms with E-state index in [9.17, 15) is 5.11 Å². The van der Waals surface area contributed by atoms with Crippen LogP contribution in [0.5, 0.6) is 0 Å². The summed E-state index contributed by atoms with van der Waals surface area (Å²) < 4.78 is 1.16. The van der Waals surface area contributed by atoms with Crippen molar-refractivity contribution in [1.82, 2.24) is 4.98 Å². The van der Waals surface area contributed by atoms with Crippen molar-refractivity contribution in [2.24, 2.45) is 0 Å². The molecule has 0 amide bonds. The Bertz CT molecular complexity index is 745. The number of halogens is 1. The second-order valence-electron chi connectivity index (χ2n) is 4.98. The zero-order valence-corrected chi connectivity index (χ0v) is 13.2. The minimum Gasteiger partial charge on any atom is -0.381 e. The lowest BCUT2D eigenvalue weighted by molar-refractivity contribution is 0.104. The van der Waals surface area contributed by atoms with Gasteiger partial charge in [-0.15, -0.1) is 0 Å². The minimum absolute atomic E-state index is 0.891. The van der Waals surface area contributed by atoms with Crippen molar-refractivity contribution >= 4 is 33.4 Å². The Balaban J connectivity index is 2.20. The molecule has 1 atom stereocenters. The van der Waals surface area contributed by atoms with Crippen LogP contribution in [0.1, 0.15) is 18.1 Å². The second-order valence-corrected chi connectivity index (χ2v) is 6.23. The van der Waals surface area contributed by atoms with E-state index in [0.717, 1.165) is 25.5 Å². The van der Waals surface area contributed by atoms with E-state index in [-0.39, 0.29) is 0 Å². The van der Waals surface area contributed by atoms with E-state index in [1.165, 1.54) is 0 Å². The summed E-state index contributed by atoms with van der Waals surface area (Å²) >= 11 is 2.26. The van der Waals surface area contributed by atoms with Gasteiger partial charge >= 0.3 is 0 Å². The second kappa shape index (κ2) is 5.14. The lowest BCUT2D eigenvalue weighted by Crippen LogP contribution is -2.23. The van der Waals surface area contributed by atoms with E-state index in [4.69, 9.17) is 0 Å². The van der Waals surface area contributed by atoms with E-state index in [0.29, 0.717) is 0 Å². The topological polar surface area (TPSA) is 33.1 Å². The first-order chi connectivity index (χ1) is 9.59. The SMILES string of the molecule is CC(O)(c1ccc(I)cc1)c1cccc2cnccc12. The highest BCUT2D eigenvalue weighted by molar-refractivity contribution is 14.1. The van der Waals surface area contributed by atoms with Crippen LogP contribution in [0.15, 0.2) is 60.9 Å². The maximum atomic E-state index is 11.0. The van der Waals surface area contributed by atoms with Gasteiger partial charge in [0, 0.05) is 21.4 Å². The van der Waals surface area contributed by atoms with Gasteiger partial charge in [0.05, 0.1) is 0 Å². The van der Waals surface area contributed by atoms with Gasteiger partial charge in [0.2, 0.25) is 0 Å². The molecule has 1 N–H and O–H groups in total. The van der Waals surface area contributed by atoms with Crippen molar-refractivity contribution < 1.29 is 5.11 Å². The predicted molar refractivity (Wildman–Crippen MR) is 89.6 cm³/mol. The number of benzene rings is 2. The van der Waals surface area contributed by atoms with Crippen LogP contribution < -0.4 is 0 Å². The summed E-state index contributed by atoms with van der Waals surface area (Å²) in [5.74, 6) is 0. The highest BCUT2D eigenvalue weighted by Crippen LogP contribution is 2.34. The number of aliphatic hydroxyl groups is 1. The van der Waals surface area contributed by atoms with Crippen LogP contribution in [0.4, 0.5) is 0 Å². The molecule has 3 rings (SSSR count). The van der Waals surface area contributed by atoms with Gasteiger partial charge < -0.3 is 5.11 Å². The molecule has 3 heteroatoms. The standard InChI is InChI=1S/C17H14INO/c1-17(20,13-5-7-14(18)8-6-13)16-4-2-3-12-11-19-10-9-15(12)16/h2-11,20H,1H3. The van der Waals surface area contributed by atoms with Crippen LogP contribution in [0.25, 0.3) is 10.8 Å². The molecule has 20 heavy (non-hydrogen) atoms. The summed E-state index contributed by atoms with van der Waals surface area (Å²) in [5.41, 5.74) is 0.770. The van der Waals surface area contributed by atoms with Crippen molar-refractivity contribution in [1.29, 1.82) is 0 Å². The van der Waals surface area contributed by atoms with Gasteiger partial charge in [-0.05, 0) is 64.2 Å². The summed E-state index contributed by atoms with van der Waals surface area (Å²) in [6.45, 7) is 1.84. The Morgan fingerprint density at radius 1 is 1.05 bits per heavy atom. The van der Waals surface area contributed by atoms with Crippen molar-refractivity contribution in [2.75, 3.05) is 0 Å². The first-order valence-electron chi connectivity index (χ1n) is 6.41. The van der Waals surface area contributed by atoms with Crippen LogP contribution >= 0.6 is 22.6 Å². The van der Waals surface area contributed by atoms with Gasteiger partial charge in [-0.3, -0.25) is 4.98 Å². The van der Waals surface area contributed by atoms with Crippen molar-refractivity contribution in [3.63, 3.8) is 0 Å². The molecule has 0 aliphatic carbocycles. The molecule has 100 valence electrons. The molecule has 1 aromatic heterocycles. The van der Waals surface area contributed by atoms with Crippen molar-refractivity contribution in [2.45, 2.75) is 12.5 Å². The summed E-state index contributed by atoms with van der Waals surface area (Å²) in [6.07, 6.45) is 3.58. The zero-order valence-electron chi connectivity index (χ0n) is 11.0. The van der Waals surface area contributed by atoms with E-state index in [1.807, 2.05) is 61.7 Å². The fourth-order valence-electron chi connectivity index (χ4n) is 2.48. The number of aromatic nitrogens is 1. The summed E-state index contributed by atoms with van der Waals surface area (Å²) in [7, 11) is 0. The third-order valence-corrected chi connectivity index (χ3v) is 4.33. The third kappa shape index (κ3) is 2.31. The number of hydrogen-bond acceptors (Lipinski definition) is 2. The lowest BCUT2D eigenvalue weighted by atomic mass is 9.85. The Morgan fingerprint density at radius 2 is 1.80 bits per heavy atom. The molecular formula is C17H14INO. The van der Waals surface area contributed by atoms with E-state index in [2.05, 4.69) is 27.6 Å². The summed E-state index contributed by atoms with van der Waals surface area (Å²) in [4.78, 5) is 4.14. The van der Waals surface area contributed by atoms with E-state index < -0.39 is 5.60 Å². The molecule has 0 bridgehead atoms. The number of rotatable bonds is 2. The van der Waals surface area contributed by atoms with Crippen LogP contribution in [-0.4, -0.2) is 10.1 Å². The molecule has 1 unspecified atom stereocenters. The monoisotopic (exact) mass is 375 g/mol. The molecule has 2 nitrogen and oxygen atoms in total. The molecule has 0 saturated heterocycles. The molecule has 2 aromatic carbocycles. The van der Waals surface area contributed by atoms with Gasteiger partial charge in [0.1, 0.15) is 5.60 Å². The van der Waals surface area contributed by atoms with Crippen LogP contribution in [0, 0.1) is 3.57 Å². The van der Waals surface area contributed by atoms with E-state index >= 15 is 0 Å². The average Bonchev–Trinajstić information content (AvgIpc) is 2.47. The Morgan fingerprint density at radius 3 is 2.55 bits per heavy atom. The number of fused-ring (bicyclic) bond motifs is 1. The molecule has 0 fully saturated rings. The summed E-state index contributed by atoms with van der Waals surface area (Å²) in [6, 6.07) is 15.9. The highest BCUT2D eigenvalue weighted by Gasteiger charge is 2.27. The Labute approximate surface area is 131 Å². The summed E-state index contributed by atoms with van der Waals surface area (Å²) in [5, 5.41) is 13.1. The first-order valence-corrected chi connectivity index (χ1v) is 7.48. The number of nitrogens with zero attached hydrogens (tertiary/aromatic N) is 1. The van der Waals surface area contributed by atoms with Crippen molar-refractivity contribution in [3.05, 3.63) is 75.6 Å². The van der Waals surface area contributed by atoms with Crippen LogP contribution in [0.2, 0.25) is 0 Å². The molecule has 0 saturated carbocycles. The van der Waals surface area contributed by atoms with Crippen LogP contribution in [0.3, 0.4) is 0 Å². The van der Waals surface area contributed by atoms with Gasteiger partial charge in [0.25, 0.3) is 0 Å². The lowest BCUT2D eigenvalue weighted by Gasteiger charge is -2.26. The fourth-order valence-corrected chi connectivity index (χ4v) is 2.84. The van der Waals surface area contributed by atoms with Gasteiger partial charge in [-0.1, -0.05) is 30.3 Å². The molecule has 1 heterocycles. The molecule has 3 aromatic rings. The maximum Gasteiger partial charge on any atom is 0.112 e. The molecule has 0 aliphatic heterocycles. The quantitative estimate of drug-likeness (QED) is 0.685. The van der Waals surface area contributed by atoms with Gasteiger partial charge in [0.15, 0.2) is 0 Å². The van der Waals surface area contributed by atoms with Crippen LogP contribution in [-0.2, 0) is 5.60 Å². The fraction of sp³-hybridized carbons (Fsp3) is 0.118. The molecule has 0 aliphatic rings.